The van der Waals surface area contributed by atoms with Gasteiger partial charge in [-0.15, -0.1) is 11.8 Å². The number of thiazole rings is 1. The first-order chi connectivity index (χ1) is 15.8. The van der Waals surface area contributed by atoms with E-state index in [1.165, 1.54) is 11.3 Å². The maximum absolute atomic E-state index is 13.5. The summed E-state index contributed by atoms with van der Waals surface area (Å²) >= 11 is 2.88. The SMILES string of the molecule is CSc1ccc([C@H]2C(C(=O)OC(C)C)=C(C)N=c3s/c(=C\c4cccc(O)c4)c(=O)n32)cc1. The van der Waals surface area contributed by atoms with Gasteiger partial charge in [0.1, 0.15) is 5.75 Å². The van der Waals surface area contributed by atoms with E-state index in [0.717, 1.165) is 10.5 Å². The normalized spacial score (nSPS) is 16.0. The minimum atomic E-state index is -0.644. The van der Waals surface area contributed by atoms with Crippen LogP contribution in [0.2, 0.25) is 0 Å². The summed E-state index contributed by atoms with van der Waals surface area (Å²) in [7, 11) is 0. The summed E-state index contributed by atoms with van der Waals surface area (Å²) in [6.45, 7) is 5.35. The van der Waals surface area contributed by atoms with E-state index in [-0.39, 0.29) is 17.4 Å². The van der Waals surface area contributed by atoms with E-state index in [1.807, 2.05) is 36.6 Å². The van der Waals surface area contributed by atoms with E-state index in [9.17, 15) is 14.7 Å². The quantitative estimate of drug-likeness (QED) is 0.446. The number of fused-ring (bicyclic) bond motifs is 1. The number of hydrogen-bond acceptors (Lipinski definition) is 7. The van der Waals surface area contributed by atoms with E-state index in [0.29, 0.717) is 26.2 Å². The van der Waals surface area contributed by atoms with Crippen molar-refractivity contribution in [1.82, 2.24) is 4.57 Å². The molecule has 0 unspecified atom stereocenters. The fourth-order valence-corrected chi connectivity index (χ4v) is 5.18. The average Bonchev–Trinajstić information content (AvgIpc) is 3.07. The number of allylic oxidation sites excluding steroid dienone is 1. The van der Waals surface area contributed by atoms with Crippen molar-refractivity contribution >= 4 is 35.1 Å². The molecule has 0 spiro atoms. The van der Waals surface area contributed by atoms with Crippen LogP contribution in [0.4, 0.5) is 0 Å². The minimum Gasteiger partial charge on any atom is -0.508 e. The molecule has 170 valence electrons. The molecule has 1 aromatic heterocycles. The van der Waals surface area contributed by atoms with Crippen LogP contribution in [0.1, 0.15) is 37.9 Å². The Balaban J connectivity index is 1.94. The zero-order valence-corrected chi connectivity index (χ0v) is 20.4. The molecule has 0 fully saturated rings. The van der Waals surface area contributed by atoms with Crippen LogP contribution in [0.25, 0.3) is 6.08 Å². The van der Waals surface area contributed by atoms with Gasteiger partial charge in [-0.2, -0.15) is 0 Å². The lowest BCUT2D eigenvalue weighted by molar-refractivity contribution is -0.143. The Kier molecular flexibility index (Phi) is 6.58. The summed E-state index contributed by atoms with van der Waals surface area (Å²) in [5.74, 6) is -0.356. The third kappa shape index (κ3) is 4.67. The molecule has 33 heavy (non-hydrogen) atoms. The van der Waals surface area contributed by atoms with Crippen molar-refractivity contribution in [2.24, 2.45) is 4.99 Å². The number of phenols is 1. The van der Waals surface area contributed by atoms with E-state index in [4.69, 9.17) is 4.74 Å². The molecule has 0 saturated carbocycles. The highest BCUT2D eigenvalue weighted by Gasteiger charge is 2.33. The van der Waals surface area contributed by atoms with Gasteiger partial charge in [-0.3, -0.25) is 9.36 Å². The fraction of sp³-hybridized carbons (Fsp3) is 0.240. The number of thioether (sulfide) groups is 1. The van der Waals surface area contributed by atoms with Crippen molar-refractivity contribution in [3.05, 3.63) is 90.6 Å². The molecule has 0 bridgehead atoms. The number of phenolic OH excluding ortho intramolecular Hbond substituents is 1. The number of carbonyl (C=O) groups excluding carboxylic acids is 1. The monoisotopic (exact) mass is 480 g/mol. The first kappa shape index (κ1) is 23.1. The van der Waals surface area contributed by atoms with Gasteiger partial charge in [0.2, 0.25) is 0 Å². The lowest BCUT2D eigenvalue weighted by Crippen LogP contribution is -2.40. The molecule has 0 radical (unpaired) electrons. The number of ether oxygens (including phenoxy) is 1. The van der Waals surface area contributed by atoms with Crippen molar-refractivity contribution in [2.75, 3.05) is 6.26 Å². The van der Waals surface area contributed by atoms with Gasteiger partial charge >= 0.3 is 5.97 Å². The van der Waals surface area contributed by atoms with Gasteiger partial charge in [-0.1, -0.05) is 35.6 Å². The molecular weight excluding hydrogens is 456 g/mol. The van der Waals surface area contributed by atoms with Crippen LogP contribution < -0.4 is 14.9 Å². The molecule has 1 aliphatic heterocycles. The van der Waals surface area contributed by atoms with E-state index < -0.39 is 12.0 Å². The second-order valence-electron chi connectivity index (χ2n) is 7.90. The number of rotatable bonds is 5. The predicted octanol–water partition coefficient (Wildman–Crippen LogP) is 3.61. The minimum absolute atomic E-state index is 0.123. The molecule has 1 atom stereocenters. The Morgan fingerprint density at radius 3 is 2.61 bits per heavy atom. The second kappa shape index (κ2) is 9.41. The molecule has 0 saturated heterocycles. The number of esters is 1. The molecule has 0 amide bonds. The molecule has 6 nitrogen and oxygen atoms in total. The highest BCUT2D eigenvalue weighted by molar-refractivity contribution is 7.98. The Morgan fingerprint density at radius 2 is 1.97 bits per heavy atom. The molecule has 3 aromatic rings. The predicted molar refractivity (Wildman–Crippen MR) is 131 cm³/mol. The van der Waals surface area contributed by atoms with Crippen LogP contribution in [0.5, 0.6) is 5.75 Å². The van der Waals surface area contributed by atoms with Crippen LogP contribution in [0.3, 0.4) is 0 Å². The van der Waals surface area contributed by atoms with Gasteiger partial charge in [0.25, 0.3) is 5.56 Å². The van der Waals surface area contributed by atoms with Gasteiger partial charge in [0, 0.05) is 4.90 Å². The van der Waals surface area contributed by atoms with Crippen molar-refractivity contribution in [3.8, 4) is 5.75 Å². The summed E-state index contributed by atoms with van der Waals surface area (Å²) in [6.07, 6.45) is 3.42. The first-order valence-electron chi connectivity index (χ1n) is 10.4. The van der Waals surface area contributed by atoms with E-state index in [1.54, 1.807) is 61.4 Å². The number of nitrogens with zero attached hydrogens (tertiary/aromatic N) is 2. The van der Waals surface area contributed by atoms with Gasteiger partial charge in [0.15, 0.2) is 4.80 Å². The van der Waals surface area contributed by atoms with Crippen LogP contribution in [-0.4, -0.2) is 28.0 Å². The van der Waals surface area contributed by atoms with E-state index in [2.05, 4.69) is 4.99 Å². The van der Waals surface area contributed by atoms with Crippen LogP contribution in [0, 0.1) is 0 Å². The third-order valence-electron chi connectivity index (χ3n) is 5.18. The topological polar surface area (TPSA) is 80.9 Å². The number of hydrogen-bond donors (Lipinski definition) is 1. The Labute approximate surface area is 199 Å². The summed E-state index contributed by atoms with van der Waals surface area (Å²) in [5.41, 5.74) is 2.16. The zero-order chi connectivity index (χ0) is 23.7. The lowest BCUT2D eigenvalue weighted by atomic mass is 9.96. The second-order valence-corrected chi connectivity index (χ2v) is 9.79. The largest absolute Gasteiger partial charge is 0.508 e. The molecule has 2 heterocycles. The number of benzene rings is 2. The molecule has 2 aromatic carbocycles. The first-order valence-corrected chi connectivity index (χ1v) is 12.5. The highest BCUT2D eigenvalue weighted by Crippen LogP contribution is 2.32. The van der Waals surface area contributed by atoms with Gasteiger partial charge in [0.05, 0.1) is 27.9 Å². The van der Waals surface area contributed by atoms with Crippen molar-refractivity contribution in [2.45, 2.75) is 37.8 Å². The fourth-order valence-electron chi connectivity index (χ4n) is 3.73. The molecule has 0 aliphatic carbocycles. The van der Waals surface area contributed by atoms with Crippen molar-refractivity contribution in [1.29, 1.82) is 0 Å². The summed E-state index contributed by atoms with van der Waals surface area (Å²) in [5, 5.41) is 9.78. The summed E-state index contributed by atoms with van der Waals surface area (Å²) < 4.78 is 7.55. The van der Waals surface area contributed by atoms with Gasteiger partial charge in [-0.05, 0) is 68.5 Å². The van der Waals surface area contributed by atoms with E-state index >= 15 is 0 Å². The lowest BCUT2D eigenvalue weighted by Gasteiger charge is -2.25. The Hall–Kier alpha value is -3.10. The van der Waals surface area contributed by atoms with Gasteiger partial charge < -0.3 is 9.84 Å². The third-order valence-corrected chi connectivity index (χ3v) is 6.91. The maximum atomic E-state index is 13.5. The van der Waals surface area contributed by atoms with Crippen LogP contribution >= 0.6 is 23.1 Å². The average molecular weight is 481 g/mol. The number of aromatic hydroxyl groups is 1. The molecular formula is C25H24N2O4S2. The van der Waals surface area contributed by atoms with Crippen LogP contribution in [0.15, 0.2) is 74.5 Å². The molecule has 1 N–H and O–H groups in total. The molecule has 1 aliphatic rings. The smallest absolute Gasteiger partial charge is 0.338 e. The number of carbonyl (C=O) groups is 1. The van der Waals surface area contributed by atoms with Gasteiger partial charge in [-0.25, -0.2) is 9.79 Å². The van der Waals surface area contributed by atoms with Crippen molar-refractivity contribution in [3.63, 3.8) is 0 Å². The number of aromatic nitrogens is 1. The molecule has 8 heteroatoms. The standard InChI is InChI=1S/C25H24N2O4S2/c1-14(2)31-24(30)21-15(3)26-25-27(22(21)17-8-10-19(32-4)11-9-17)23(29)20(33-25)13-16-6-5-7-18(28)12-16/h5-14,22,28H,1-4H3/b20-13-/t22-/m0/s1. The highest BCUT2D eigenvalue weighted by atomic mass is 32.2. The maximum Gasteiger partial charge on any atom is 0.338 e. The Morgan fingerprint density at radius 1 is 1.24 bits per heavy atom. The summed E-state index contributed by atoms with van der Waals surface area (Å²) in [4.78, 5) is 32.8. The van der Waals surface area contributed by atoms with Crippen molar-refractivity contribution < 1.29 is 14.6 Å². The Bertz CT molecular complexity index is 1420. The molecule has 4 rings (SSSR count). The summed E-state index contributed by atoms with van der Waals surface area (Å²) in [6, 6.07) is 13.9. The van der Waals surface area contributed by atoms with Crippen LogP contribution in [-0.2, 0) is 9.53 Å². The zero-order valence-electron chi connectivity index (χ0n) is 18.7.